The number of nitrogens with zero attached hydrogens (tertiary/aromatic N) is 1. The summed E-state index contributed by atoms with van der Waals surface area (Å²) in [5.41, 5.74) is 2.23. The van der Waals surface area contributed by atoms with Crippen molar-refractivity contribution in [1.29, 1.82) is 0 Å². The van der Waals surface area contributed by atoms with E-state index in [0.717, 1.165) is 5.57 Å². The maximum atomic E-state index is 10.9. The number of allylic oxidation sites excluding steroid dienone is 5. The molecule has 1 heterocycles. The number of amides is 1. The molecule has 0 saturated heterocycles. The summed E-state index contributed by atoms with van der Waals surface area (Å²) < 4.78 is 0. The SMILES string of the molecule is CC1=CC2=CC(=O)N=CC2C=C1. The first-order chi connectivity index (χ1) is 5.75. The van der Waals surface area contributed by atoms with Crippen molar-refractivity contribution in [2.75, 3.05) is 0 Å². The van der Waals surface area contributed by atoms with Gasteiger partial charge >= 0.3 is 0 Å². The number of hydrogen-bond acceptors (Lipinski definition) is 1. The van der Waals surface area contributed by atoms with Crippen LogP contribution >= 0.6 is 0 Å². The molecule has 2 rings (SSSR count). The number of carbonyl (C=O) groups is 1. The largest absolute Gasteiger partial charge is 0.269 e. The first-order valence-corrected chi connectivity index (χ1v) is 3.92. The van der Waals surface area contributed by atoms with Crippen LogP contribution in [0, 0.1) is 5.92 Å². The number of aliphatic imine (C=N–C) groups is 1. The minimum absolute atomic E-state index is 0.152. The van der Waals surface area contributed by atoms with Crippen LogP contribution in [0.1, 0.15) is 6.92 Å². The highest BCUT2D eigenvalue weighted by atomic mass is 16.1. The lowest BCUT2D eigenvalue weighted by atomic mass is 9.91. The van der Waals surface area contributed by atoms with Crippen molar-refractivity contribution in [3.63, 3.8) is 0 Å². The molecular weight excluding hydrogens is 150 g/mol. The van der Waals surface area contributed by atoms with Gasteiger partial charge < -0.3 is 0 Å². The summed E-state index contributed by atoms with van der Waals surface area (Å²) in [6, 6.07) is 0. The van der Waals surface area contributed by atoms with E-state index in [9.17, 15) is 4.79 Å². The van der Waals surface area contributed by atoms with Gasteiger partial charge in [0.1, 0.15) is 0 Å². The van der Waals surface area contributed by atoms with Crippen LogP contribution in [-0.2, 0) is 4.79 Å². The van der Waals surface area contributed by atoms with Crippen LogP contribution in [-0.4, -0.2) is 12.1 Å². The van der Waals surface area contributed by atoms with Gasteiger partial charge in [-0.3, -0.25) is 4.79 Å². The fourth-order valence-electron chi connectivity index (χ4n) is 1.38. The quantitative estimate of drug-likeness (QED) is 0.528. The van der Waals surface area contributed by atoms with Crippen LogP contribution in [0.4, 0.5) is 0 Å². The molecule has 2 heteroatoms. The van der Waals surface area contributed by atoms with Crippen LogP contribution < -0.4 is 0 Å². The first-order valence-electron chi connectivity index (χ1n) is 3.92. The van der Waals surface area contributed by atoms with E-state index in [1.807, 2.05) is 19.1 Å². The van der Waals surface area contributed by atoms with Gasteiger partial charge in [-0.15, -0.1) is 0 Å². The van der Waals surface area contributed by atoms with Crippen molar-refractivity contribution >= 4 is 12.1 Å². The zero-order chi connectivity index (χ0) is 8.55. The summed E-state index contributed by atoms with van der Waals surface area (Å²) >= 11 is 0. The molecule has 0 saturated carbocycles. The van der Waals surface area contributed by atoms with E-state index in [1.165, 1.54) is 5.57 Å². The van der Waals surface area contributed by atoms with E-state index in [1.54, 1.807) is 12.3 Å². The molecule has 1 aliphatic heterocycles. The molecule has 0 bridgehead atoms. The Labute approximate surface area is 71.0 Å². The zero-order valence-corrected chi connectivity index (χ0v) is 6.82. The Bertz CT molecular complexity index is 345. The van der Waals surface area contributed by atoms with Gasteiger partial charge in [0.2, 0.25) is 0 Å². The Balaban J connectivity index is 2.40. The zero-order valence-electron chi connectivity index (χ0n) is 6.82. The topological polar surface area (TPSA) is 29.4 Å². The normalized spacial score (nSPS) is 26.4. The molecule has 1 amide bonds. The Hall–Kier alpha value is -1.44. The number of carbonyl (C=O) groups excluding carboxylic acids is 1. The van der Waals surface area contributed by atoms with Crippen molar-refractivity contribution in [3.8, 4) is 0 Å². The predicted molar refractivity (Wildman–Crippen MR) is 48.0 cm³/mol. The molecule has 1 atom stereocenters. The highest BCUT2D eigenvalue weighted by Gasteiger charge is 2.15. The molecule has 0 aromatic rings. The summed E-state index contributed by atoms with van der Waals surface area (Å²) in [6.07, 6.45) is 9.41. The van der Waals surface area contributed by atoms with Gasteiger partial charge in [-0.1, -0.05) is 23.8 Å². The monoisotopic (exact) mass is 159 g/mol. The number of rotatable bonds is 0. The fourth-order valence-corrected chi connectivity index (χ4v) is 1.38. The van der Waals surface area contributed by atoms with Crippen molar-refractivity contribution in [3.05, 3.63) is 35.5 Å². The summed E-state index contributed by atoms with van der Waals surface area (Å²) in [4.78, 5) is 14.6. The molecular formula is C10H9NO. The summed E-state index contributed by atoms with van der Waals surface area (Å²) in [5, 5.41) is 0. The second kappa shape index (κ2) is 2.55. The molecule has 0 N–H and O–H groups in total. The second-order valence-corrected chi connectivity index (χ2v) is 3.03. The molecule has 1 unspecified atom stereocenters. The molecule has 0 spiro atoms. The number of dihydropyridines is 1. The molecule has 60 valence electrons. The van der Waals surface area contributed by atoms with E-state index in [4.69, 9.17) is 0 Å². The van der Waals surface area contributed by atoms with Crippen molar-refractivity contribution in [2.45, 2.75) is 6.92 Å². The van der Waals surface area contributed by atoms with Crippen molar-refractivity contribution in [1.82, 2.24) is 0 Å². The number of hydrogen-bond donors (Lipinski definition) is 0. The number of fused-ring (bicyclic) bond motifs is 1. The van der Waals surface area contributed by atoms with Gasteiger partial charge in [0.05, 0.1) is 0 Å². The third kappa shape index (κ3) is 1.16. The maximum absolute atomic E-state index is 10.9. The van der Waals surface area contributed by atoms with Crippen LogP contribution in [0.25, 0.3) is 0 Å². The van der Waals surface area contributed by atoms with Crippen LogP contribution in [0.5, 0.6) is 0 Å². The highest BCUT2D eigenvalue weighted by Crippen LogP contribution is 2.22. The predicted octanol–water partition coefficient (Wildman–Crippen LogP) is 1.66. The Morgan fingerprint density at radius 2 is 2.25 bits per heavy atom. The van der Waals surface area contributed by atoms with Gasteiger partial charge in [-0.2, -0.15) is 0 Å². The molecule has 0 fully saturated rings. The Morgan fingerprint density at radius 3 is 3.08 bits per heavy atom. The minimum Gasteiger partial charge on any atom is -0.267 e. The second-order valence-electron chi connectivity index (χ2n) is 3.03. The molecule has 12 heavy (non-hydrogen) atoms. The summed E-state index contributed by atoms with van der Waals surface area (Å²) in [5.74, 6) is 0.0620. The third-order valence-corrected chi connectivity index (χ3v) is 2.00. The molecule has 2 nitrogen and oxygen atoms in total. The summed E-state index contributed by atoms with van der Waals surface area (Å²) in [7, 11) is 0. The van der Waals surface area contributed by atoms with Crippen LogP contribution in [0.15, 0.2) is 40.4 Å². The average molecular weight is 159 g/mol. The highest BCUT2D eigenvalue weighted by molar-refractivity contribution is 5.99. The Kier molecular flexibility index (Phi) is 1.54. The third-order valence-electron chi connectivity index (χ3n) is 2.00. The van der Waals surface area contributed by atoms with E-state index >= 15 is 0 Å². The van der Waals surface area contributed by atoms with E-state index in [2.05, 4.69) is 11.1 Å². The standard InChI is InChI=1S/C10H9NO/c1-7-2-3-8-6-11-10(12)5-9(8)4-7/h2-6,8H,1H3. The van der Waals surface area contributed by atoms with Gasteiger partial charge in [0, 0.05) is 18.2 Å². The molecule has 2 aliphatic rings. The van der Waals surface area contributed by atoms with E-state index in [0.29, 0.717) is 0 Å². The lowest BCUT2D eigenvalue weighted by Crippen LogP contribution is -2.11. The van der Waals surface area contributed by atoms with E-state index in [-0.39, 0.29) is 11.8 Å². The van der Waals surface area contributed by atoms with Crippen molar-refractivity contribution in [2.24, 2.45) is 10.9 Å². The van der Waals surface area contributed by atoms with Gasteiger partial charge in [0.25, 0.3) is 5.91 Å². The van der Waals surface area contributed by atoms with Crippen LogP contribution in [0.2, 0.25) is 0 Å². The van der Waals surface area contributed by atoms with Gasteiger partial charge in [-0.25, -0.2) is 4.99 Å². The molecule has 0 aromatic carbocycles. The molecule has 0 radical (unpaired) electrons. The van der Waals surface area contributed by atoms with Crippen LogP contribution in [0.3, 0.4) is 0 Å². The lowest BCUT2D eigenvalue weighted by Gasteiger charge is -2.16. The van der Waals surface area contributed by atoms with Crippen molar-refractivity contribution < 1.29 is 4.79 Å². The van der Waals surface area contributed by atoms with Gasteiger partial charge in [-0.05, 0) is 12.5 Å². The average Bonchev–Trinajstić information content (AvgIpc) is 2.03. The lowest BCUT2D eigenvalue weighted by molar-refractivity contribution is -0.113. The Morgan fingerprint density at radius 1 is 1.42 bits per heavy atom. The maximum Gasteiger partial charge on any atom is 0.269 e. The smallest absolute Gasteiger partial charge is 0.267 e. The summed E-state index contributed by atoms with van der Waals surface area (Å²) in [6.45, 7) is 2.02. The fraction of sp³-hybridized carbons (Fsp3) is 0.200. The molecule has 0 aromatic heterocycles. The minimum atomic E-state index is -0.152. The first kappa shape index (κ1) is 7.22. The van der Waals surface area contributed by atoms with Gasteiger partial charge in [0.15, 0.2) is 0 Å². The van der Waals surface area contributed by atoms with E-state index < -0.39 is 0 Å². The molecule has 1 aliphatic carbocycles.